The molecule has 134 valence electrons. The Morgan fingerprint density at radius 1 is 1.16 bits per heavy atom. The summed E-state index contributed by atoms with van der Waals surface area (Å²) in [4.78, 5) is 28.8. The fourth-order valence-corrected chi connectivity index (χ4v) is 4.52. The maximum atomic E-state index is 13.1. The van der Waals surface area contributed by atoms with Crippen LogP contribution in [0.4, 0.5) is 4.79 Å². The van der Waals surface area contributed by atoms with Gasteiger partial charge in [-0.05, 0) is 43.1 Å². The van der Waals surface area contributed by atoms with E-state index < -0.39 is 0 Å². The van der Waals surface area contributed by atoms with Gasteiger partial charge in [-0.15, -0.1) is 0 Å². The van der Waals surface area contributed by atoms with E-state index in [0.29, 0.717) is 11.9 Å². The first-order chi connectivity index (χ1) is 12.1. The second kappa shape index (κ2) is 6.36. The highest BCUT2D eigenvalue weighted by Gasteiger charge is 2.49. The minimum Gasteiger partial charge on any atom is -0.453 e. The molecule has 1 aliphatic carbocycles. The SMILES string of the molecule is COC(=O)N1CCC2(CC1)CC(c1ccccc1)C(=O)N(C1CC1)C2. The highest BCUT2D eigenvalue weighted by Crippen LogP contribution is 2.48. The number of hydrogen-bond acceptors (Lipinski definition) is 3. The normalized spacial score (nSPS) is 26.0. The molecular formula is C20H26N2O3. The van der Waals surface area contributed by atoms with Gasteiger partial charge >= 0.3 is 6.09 Å². The molecule has 1 saturated carbocycles. The van der Waals surface area contributed by atoms with Gasteiger partial charge in [-0.1, -0.05) is 30.3 Å². The highest BCUT2D eigenvalue weighted by molar-refractivity contribution is 5.85. The van der Waals surface area contributed by atoms with Crippen molar-refractivity contribution in [3.8, 4) is 0 Å². The molecule has 3 aliphatic rings. The van der Waals surface area contributed by atoms with Crippen LogP contribution in [0.2, 0.25) is 0 Å². The molecule has 1 aromatic rings. The molecule has 2 aliphatic heterocycles. The summed E-state index contributed by atoms with van der Waals surface area (Å²) < 4.78 is 4.86. The number of benzene rings is 1. The molecule has 2 heterocycles. The van der Waals surface area contributed by atoms with Gasteiger partial charge in [0.15, 0.2) is 0 Å². The number of ether oxygens (including phenoxy) is 1. The Kier molecular flexibility index (Phi) is 4.18. The average molecular weight is 342 g/mol. The number of hydrogen-bond donors (Lipinski definition) is 0. The number of rotatable bonds is 2. The van der Waals surface area contributed by atoms with E-state index in [-0.39, 0.29) is 17.4 Å². The largest absolute Gasteiger partial charge is 0.453 e. The molecule has 2 amide bonds. The molecule has 5 nitrogen and oxygen atoms in total. The number of nitrogens with zero attached hydrogens (tertiary/aromatic N) is 2. The summed E-state index contributed by atoms with van der Waals surface area (Å²) >= 11 is 0. The van der Waals surface area contributed by atoms with Crippen LogP contribution in [0.1, 0.15) is 43.6 Å². The Morgan fingerprint density at radius 2 is 1.84 bits per heavy atom. The van der Waals surface area contributed by atoms with Crippen molar-refractivity contribution in [2.24, 2.45) is 5.41 Å². The van der Waals surface area contributed by atoms with Crippen LogP contribution in [0.25, 0.3) is 0 Å². The maximum absolute atomic E-state index is 13.1. The molecule has 0 aromatic heterocycles. The van der Waals surface area contributed by atoms with Gasteiger partial charge in [-0.3, -0.25) is 4.79 Å². The number of amides is 2. The van der Waals surface area contributed by atoms with E-state index in [1.165, 1.54) is 7.11 Å². The van der Waals surface area contributed by atoms with E-state index in [9.17, 15) is 9.59 Å². The van der Waals surface area contributed by atoms with E-state index in [4.69, 9.17) is 4.74 Å². The van der Waals surface area contributed by atoms with Crippen LogP contribution in [0.15, 0.2) is 30.3 Å². The Labute approximate surface area is 148 Å². The van der Waals surface area contributed by atoms with Crippen LogP contribution < -0.4 is 0 Å². The van der Waals surface area contributed by atoms with Gasteiger partial charge in [-0.25, -0.2) is 4.79 Å². The van der Waals surface area contributed by atoms with Crippen LogP contribution >= 0.6 is 0 Å². The Hall–Kier alpha value is -2.04. The zero-order valence-corrected chi connectivity index (χ0v) is 14.8. The van der Waals surface area contributed by atoms with Crippen molar-refractivity contribution in [3.63, 3.8) is 0 Å². The van der Waals surface area contributed by atoms with Gasteiger partial charge in [0.05, 0.1) is 13.0 Å². The predicted octanol–water partition coefficient (Wildman–Crippen LogP) is 3.01. The lowest BCUT2D eigenvalue weighted by molar-refractivity contribution is -0.142. The third kappa shape index (κ3) is 3.12. The van der Waals surface area contributed by atoms with Crippen molar-refractivity contribution < 1.29 is 14.3 Å². The first kappa shape index (κ1) is 16.4. The van der Waals surface area contributed by atoms with Gasteiger partial charge in [-0.2, -0.15) is 0 Å². The third-order valence-electron chi connectivity index (χ3n) is 6.17. The number of carbonyl (C=O) groups is 2. The zero-order chi connectivity index (χ0) is 17.4. The smallest absolute Gasteiger partial charge is 0.409 e. The summed E-state index contributed by atoms with van der Waals surface area (Å²) in [6.45, 7) is 2.30. The van der Waals surface area contributed by atoms with E-state index in [1.54, 1.807) is 4.90 Å². The third-order valence-corrected chi connectivity index (χ3v) is 6.17. The molecule has 0 radical (unpaired) electrons. The topological polar surface area (TPSA) is 49.9 Å². The average Bonchev–Trinajstić information content (AvgIpc) is 3.49. The lowest BCUT2D eigenvalue weighted by atomic mass is 9.67. The molecular weight excluding hydrogens is 316 g/mol. The summed E-state index contributed by atoms with van der Waals surface area (Å²) in [6, 6.07) is 10.6. The van der Waals surface area contributed by atoms with Crippen LogP contribution in [0.5, 0.6) is 0 Å². The number of methoxy groups -OCH3 is 1. The van der Waals surface area contributed by atoms with E-state index in [0.717, 1.165) is 57.3 Å². The quantitative estimate of drug-likeness (QED) is 0.830. The van der Waals surface area contributed by atoms with Gasteiger partial charge in [0.1, 0.15) is 0 Å². The van der Waals surface area contributed by atoms with Crippen molar-refractivity contribution in [1.82, 2.24) is 9.80 Å². The van der Waals surface area contributed by atoms with E-state index in [2.05, 4.69) is 17.0 Å². The van der Waals surface area contributed by atoms with Gasteiger partial charge in [0.25, 0.3) is 0 Å². The Balaban J connectivity index is 1.56. The number of piperidine rings is 2. The first-order valence-electron chi connectivity index (χ1n) is 9.30. The second-order valence-corrected chi connectivity index (χ2v) is 7.82. The number of carbonyl (C=O) groups excluding carboxylic acids is 2. The Bertz CT molecular complexity index is 648. The summed E-state index contributed by atoms with van der Waals surface area (Å²) in [5.74, 6) is 0.259. The molecule has 5 heteroatoms. The van der Waals surface area contributed by atoms with Gasteiger partial charge in [0.2, 0.25) is 5.91 Å². The second-order valence-electron chi connectivity index (χ2n) is 7.82. The minimum absolute atomic E-state index is 0.0415. The van der Waals surface area contributed by atoms with Gasteiger partial charge in [0, 0.05) is 25.7 Å². The predicted molar refractivity (Wildman–Crippen MR) is 94.2 cm³/mol. The van der Waals surface area contributed by atoms with Crippen molar-refractivity contribution in [1.29, 1.82) is 0 Å². The molecule has 4 rings (SSSR count). The highest BCUT2D eigenvalue weighted by atomic mass is 16.5. The molecule has 3 fully saturated rings. The van der Waals surface area contributed by atoms with Crippen molar-refractivity contribution in [3.05, 3.63) is 35.9 Å². The minimum atomic E-state index is -0.236. The van der Waals surface area contributed by atoms with Crippen molar-refractivity contribution >= 4 is 12.0 Å². The van der Waals surface area contributed by atoms with Gasteiger partial charge < -0.3 is 14.5 Å². The molecule has 1 atom stereocenters. The van der Waals surface area contributed by atoms with Crippen molar-refractivity contribution in [2.45, 2.75) is 44.1 Å². The summed E-state index contributed by atoms with van der Waals surface area (Å²) in [5.41, 5.74) is 1.26. The molecule has 25 heavy (non-hydrogen) atoms. The summed E-state index contributed by atoms with van der Waals surface area (Å²) in [6.07, 6.45) is 4.83. The summed E-state index contributed by atoms with van der Waals surface area (Å²) in [7, 11) is 1.44. The molecule has 1 unspecified atom stereocenters. The number of likely N-dealkylation sites (tertiary alicyclic amines) is 2. The molecule has 1 aromatic carbocycles. The molecule has 0 bridgehead atoms. The standard InChI is InChI=1S/C20H26N2O3/c1-25-19(24)21-11-9-20(10-12-21)13-17(15-5-3-2-4-6-15)18(23)22(14-20)16-7-8-16/h2-6,16-17H,7-14H2,1H3. The molecule has 1 spiro atoms. The lowest BCUT2D eigenvalue weighted by Gasteiger charge is -2.49. The monoisotopic (exact) mass is 342 g/mol. The molecule has 2 saturated heterocycles. The summed E-state index contributed by atoms with van der Waals surface area (Å²) in [5, 5.41) is 0. The lowest BCUT2D eigenvalue weighted by Crippen LogP contribution is -2.55. The van der Waals surface area contributed by atoms with E-state index >= 15 is 0 Å². The van der Waals surface area contributed by atoms with Crippen molar-refractivity contribution in [2.75, 3.05) is 26.7 Å². The molecule has 0 N–H and O–H groups in total. The van der Waals surface area contributed by atoms with Crippen LogP contribution in [0, 0.1) is 5.41 Å². The van der Waals surface area contributed by atoms with Crippen LogP contribution in [-0.2, 0) is 9.53 Å². The maximum Gasteiger partial charge on any atom is 0.409 e. The fourth-order valence-electron chi connectivity index (χ4n) is 4.52. The zero-order valence-electron chi connectivity index (χ0n) is 14.8. The van der Waals surface area contributed by atoms with Crippen LogP contribution in [-0.4, -0.2) is 54.6 Å². The fraction of sp³-hybridized carbons (Fsp3) is 0.600. The Morgan fingerprint density at radius 3 is 2.44 bits per heavy atom. The van der Waals surface area contributed by atoms with E-state index in [1.807, 2.05) is 18.2 Å². The van der Waals surface area contributed by atoms with Crippen LogP contribution in [0.3, 0.4) is 0 Å². The first-order valence-corrected chi connectivity index (χ1v) is 9.30.